The topological polar surface area (TPSA) is 74.5 Å². The average molecular weight is 502 g/mol. The number of hydrogen-bond donors (Lipinski definition) is 1. The number of likely N-dealkylation sites (tertiary alicyclic amines) is 2. The van der Waals surface area contributed by atoms with Crippen molar-refractivity contribution in [2.45, 2.75) is 68.9 Å². The van der Waals surface area contributed by atoms with Crippen molar-refractivity contribution >= 4 is 17.1 Å². The largest absolute Gasteiger partial charge is 0.481 e. The van der Waals surface area contributed by atoms with Gasteiger partial charge in [-0.3, -0.25) is 9.69 Å². The Bertz CT molecular complexity index is 1200. The quantitative estimate of drug-likeness (QED) is 0.493. The van der Waals surface area contributed by atoms with E-state index in [-0.39, 0.29) is 12.0 Å². The normalized spacial score (nSPS) is 25.5. The number of aliphatic carboxylic acids is 1. The van der Waals surface area contributed by atoms with Gasteiger partial charge < -0.3 is 14.6 Å². The molecule has 0 spiro atoms. The molecule has 1 N–H and O–H groups in total. The smallest absolute Gasteiger partial charge is 0.305 e. The molecule has 196 valence electrons. The van der Waals surface area contributed by atoms with Crippen LogP contribution in [-0.2, 0) is 4.79 Å². The number of carboxylic acids is 1. The van der Waals surface area contributed by atoms with E-state index in [1.807, 2.05) is 24.7 Å². The minimum Gasteiger partial charge on any atom is -0.481 e. The number of fused-ring (bicyclic) bond motifs is 1. The number of carboxylic acid groups (broad SMARTS) is 1. The summed E-state index contributed by atoms with van der Waals surface area (Å²) >= 11 is 0. The van der Waals surface area contributed by atoms with Gasteiger partial charge in [0.25, 0.3) is 0 Å². The van der Waals surface area contributed by atoms with Crippen molar-refractivity contribution in [3.05, 3.63) is 60.6 Å². The highest BCUT2D eigenvalue weighted by molar-refractivity contribution is 5.70. The van der Waals surface area contributed by atoms with E-state index in [0.29, 0.717) is 17.9 Å². The van der Waals surface area contributed by atoms with Crippen LogP contribution in [0, 0.1) is 5.92 Å². The molecule has 2 unspecified atom stereocenters. The Labute approximate surface area is 219 Å². The first-order valence-electron chi connectivity index (χ1n) is 14.1. The number of pyridine rings is 1. The predicted molar refractivity (Wildman–Crippen MR) is 145 cm³/mol. The number of rotatable bonds is 7. The number of carbonyl (C=O) groups is 1. The van der Waals surface area contributed by atoms with Gasteiger partial charge in [0.1, 0.15) is 5.52 Å². The van der Waals surface area contributed by atoms with Crippen LogP contribution in [0.5, 0.6) is 0 Å². The molecule has 2 aromatic heterocycles. The van der Waals surface area contributed by atoms with E-state index in [1.165, 1.54) is 12.0 Å². The summed E-state index contributed by atoms with van der Waals surface area (Å²) in [5.74, 6) is 0.320. The third kappa shape index (κ3) is 5.04. The van der Waals surface area contributed by atoms with Gasteiger partial charge in [-0.2, -0.15) is 0 Å². The van der Waals surface area contributed by atoms with Crippen LogP contribution >= 0.6 is 0 Å². The molecule has 1 saturated carbocycles. The van der Waals surface area contributed by atoms with E-state index in [4.69, 9.17) is 0 Å². The van der Waals surface area contributed by atoms with Gasteiger partial charge in [0.15, 0.2) is 5.65 Å². The lowest BCUT2D eigenvalue weighted by atomic mass is 9.78. The monoisotopic (exact) mass is 501 g/mol. The molecule has 0 bridgehead atoms. The van der Waals surface area contributed by atoms with Gasteiger partial charge in [-0.25, -0.2) is 9.97 Å². The molecule has 2 aliphatic heterocycles. The second kappa shape index (κ2) is 10.5. The molecule has 0 radical (unpaired) electrons. The third-order valence-electron chi connectivity index (χ3n) is 9.38. The molecule has 6 rings (SSSR count). The fourth-order valence-electron chi connectivity index (χ4n) is 7.46. The zero-order valence-electron chi connectivity index (χ0n) is 21.7. The van der Waals surface area contributed by atoms with Crippen LogP contribution in [0.1, 0.15) is 68.9 Å². The Kier molecular flexibility index (Phi) is 7.00. The van der Waals surface area contributed by atoms with Gasteiger partial charge in [0.05, 0.1) is 12.7 Å². The van der Waals surface area contributed by atoms with Crippen molar-refractivity contribution in [1.29, 1.82) is 0 Å². The molecular weight excluding hydrogens is 462 g/mol. The van der Waals surface area contributed by atoms with Crippen LogP contribution in [0.25, 0.3) is 11.2 Å². The molecule has 37 heavy (non-hydrogen) atoms. The molecule has 3 aliphatic rings. The number of imidazole rings is 1. The predicted octanol–water partition coefficient (Wildman–Crippen LogP) is 4.96. The third-order valence-corrected chi connectivity index (χ3v) is 9.38. The Balaban J connectivity index is 1.17. The Hall–Kier alpha value is -2.77. The summed E-state index contributed by atoms with van der Waals surface area (Å²) in [5, 5.41) is 9.82. The number of piperidine rings is 1. The maximum Gasteiger partial charge on any atom is 0.305 e. The lowest BCUT2D eigenvalue weighted by Gasteiger charge is -2.44. The molecule has 3 fully saturated rings. The van der Waals surface area contributed by atoms with Crippen LogP contribution in [0.3, 0.4) is 0 Å². The van der Waals surface area contributed by atoms with E-state index < -0.39 is 5.97 Å². The highest BCUT2D eigenvalue weighted by atomic mass is 16.4. The van der Waals surface area contributed by atoms with Gasteiger partial charge in [0.2, 0.25) is 0 Å². The lowest BCUT2D eigenvalue weighted by Crippen LogP contribution is -2.50. The first kappa shape index (κ1) is 24.6. The zero-order chi connectivity index (χ0) is 25.2. The van der Waals surface area contributed by atoms with Crippen LogP contribution in [0.15, 0.2) is 55.0 Å². The van der Waals surface area contributed by atoms with Crippen molar-refractivity contribution in [2.24, 2.45) is 5.92 Å². The maximum absolute atomic E-state index is 11.9. The molecule has 4 heterocycles. The lowest BCUT2D eigenvalue weighted by molar-refractivity contribution is -0.141. The summed E-state index contributed by atoms with van der Waals surface area (Å²) in [6.07, 6.45) is 11.9. The van der Waals surface area contributed by atoms with E-state index in [9.17, 15) is 9.90 Å². The minimum absolute atomic E-state index is 0.172. The fraction of sp³-hybridized carbons (Fsp3) is 0.567. The SMILES string of the molecule is O=C(O)CC1(N2CC(CN3CCC(n4cnc5cccnc54)CC3)C(c3ccccc3)C2)CCCCC1. The van der Waals surface area contributed by atoms with Gasteiger partial charge in [-0.1, -0.05) is 49.6 Å². The van der Waals surface area contributed by atoms with Gasteiger partial charge >= 0.3 is 5.97 Å². The van der Waals surface area contributed by atoms with Crippen molar-refractivity contribution in [1.82, 2.24) is 24.3 Å². The molecule has 1 aromatic carbocycles. The van der Waals surface area contributed by atoms with Gasteiger partial charge in [-0.15, -0.1) is 0 Å². The Morgan fingerprint density at radius 2 is 1.76 bits per heavy atom. The van der Waals surface area contributed by atoms with Crippen LogP contribution in [0.4, 0.5) is 0 Å². The van der Waals surface area contributed by atoms with Crippen molar-refractivity contribution in [2.75, 3.05) is 32.7 Å². The van der Waals surface area contributed by atoms with E-state index in [0.717, 1.165) is 82.4 Å². The minimum atomic E-state index is -0.648. The Morgan fingerprint density at radius 3 is 2.51 bits per heavy atom. The van der Waals surface area contributed by atoms with Gasteiger partial charge in [-0.05, 0) is 49.3 Å². The highest BCUT2D eigenvalue weighted by Crippen LogP contribution is 2.44. The number of aromatic nitrogens is 3. The fourth-order valence-corrected chi connectivity index (χ4v) is 7.46. The molecule has 7 heteroatoms. The second-order valence-electron chi connectivity index (χ2n) is 11.6. The summed E-state index contributed by atoms with van der Waals surface area (Å²) in [5.41, 5.74) is 3.20. The molecule has 1 aliphatic carbocycles. The van der Waals surface area contributed by atoms with E-state index in [1.54, 1.807) is 0 Å². The molecule has 2 atom stereocenters. The number of benzene rings is 1. The molecular formula is C30H39N5O2. The van der Waals surface area contributed by atoms with Gasteiger partial charge in [0, 0.05) is 56.4 Å². The summed E-state index contributed by atoms with van der Waals surface area (Å²) in [7, 11) is 0. The van der Waals surface area contributed by atoms with Crippen molar-refractivity contribution in [3.8, 4) is 0 Å². The van der Waals surface area contributed by atoms with Crippen LogP contribution < -0.4 is 0 Å². The molecule has 0 amide bonds. The first-order chi connectivity index (χ1) is 18.1. The maximum atomic E-state index is 11.9. The summed E-state index contributed by atoms with van der Waals surface area (Å²) < 4.78 is 2.27. The summed E-state index contributed by atoms with van der Waals surface area (Å²) in [4.78, 5) is 26.3. The number of hydrogen-bond acceptors (Lipinski definition) is 5. The van der Waals surface area contributed by atoms with Crippen LogP contribution in [0.2, 0.25) is 0 Å². The van der Waals surface area contributed by atoms with Crippen LogP contribution in [-0.4, -0.2) is 73.7 Å². The molecule has 2 saturated heterocycles. The van der Waals surface area contributed by atoms with E-state index >= 15 is 0 Å². The second-order valence-corrected chi connectivity index (χ2v) is 11.6. The Morgan fingerprint density at radius 1 is 0.973 bits per heavy atom. The van der Waals surface area contributed by atoms with Crippen molar-refractivity contribution in [3.63, 3.8) is 0 Å². The highest BCUT2D eigenvalue weighted by Gasteiger charge is 2.46. The molecule has 3 aromatic rings. The average Bonchev–Trinajstić information content (AvgIpc) is 3.55. The first-order valence-corrected chi connectivity index (χ1v) is 14.1. The number of nitrogens with zero attached hydrogens (tertiary/aromatic N) is 5. The van der Waals surface area contributed by atoms with E-state index in [2.05, 4.69) is 54.7 Å². The van der Waals surface area contributed by atoms with Crippen molar-refractivity contribution < 1.29 is 9.90 Å². The zero-order valence-corrected chi connectivity index (χ0v) is 21.7. The summed E-state index contributed by atoms with van der Waals surface area (Å²) in [6.45, 7) is 5.22. The summed E-state index contributed by atoms with van der Waals surface area (Å²) in [6, 6.07) is 15.4. The standard InChI is InChI=1S/C30H39N5O2/c36-28(37)18-30(13-5-2-6-14-30)34-20-24(26(21-34)23-8-3-1-4-9-23)19-33-16-11-25(12-17-33)35-22-32-27-10-7-15-31-29(27)35/h1,3-4,7-10,15,22,24-26H,2,5-6,11-14,16-21H2,(H,36,37). The molecule has 7 nitrogen and oxygen atoms in total.